The molecule has 0 radical (unpaired) electrons. The number of anilines is 1. The number of hydrogen-bond acceptors (Lipinski definition) is 2. The highest BCUT2D eigenvalue weighted by molar-refractivity contribution is 5.84. The minimum atomic E-state index is -0.216. The van der Waals surface area contributed by atoms with Gasteiger partial charge in [-0.05, 0) is 38.3 Å². The van der Waals surface area contributed by atoms with E-state index in [1.165, 1.54) is 5.56 Å². The zero-order chi connectivity index (χ0) is 14.3. The molecule has 0 saturated carbocycles. The molecule has 1 aromatic carbocycles. The van der Waals surface area contributed by atoms with E-state index in [4.69, 9.17) is 0 Å². The molecule has 1 aromatic rings. The highest BCUT2D eigenvalue weighted by Gasteiger charge is 2.15. The van der Waals surface area contributed by atoms with Gasteiger partial charge >= 0.3 is 0 Å². The van der Waals surface area contributed by atoms with Gasteiger partial charge in [0, 0.05) is 11.7 Å². The van der Waals surface area contributed by atoms with Crippen LogP contribution in [-0.2, 0) is 11.2 Å². The molecular formula is C16H26N2O. The minimum Gasteiger partial charge on any atom is -0.374 e. The fourth-order valence-corrected chi connectivity index (χ4v) is 1.92. The van der Waals surface area contributed by atoms with Crippen LogP contribution in [0.15, 0.2) is 24.3 Å². The Morgan fingerprint density at radius 1 is 1.21 bits per heavy atom. The van der Waals surface area contributed by atoms with Crippen molar-refractivity contribution in [2.75, 3.05) is 5.32 Å². The lowest BCUT2D eigenvalue weighted by Gasteiger charge is -2.20. The number of rotatable bonds is 7. The van der Waals surface area contributed by atoms with Crippen molar-refractivity contribution in [3.8, 4) is 0 Å². The van der Waals surface area contributed by atoms with Gasteiger partial charge in [0.1, 0.15) is 6.04 Å². The third-order valence-electron chi connectivity index (χ3n) is 3.30. The fraction of sp³-hybridized carbons (Fsp3) is 0.562. The number of carbonyl (C=O) groups is 1. The van der Waals surface area contributed by atoms with E-state index in [2.05, 4.69) is 30.5 Å². The van der Waals surface area contributed by atoms with E-state index in [0.717, 1.165) is 24.9 Å². The number of aryl methyl sites for hydroxylation is 1. The standard InChI is InChI=1S/C16H26N2O/c1-5-9-14-10-7-8-11-15(14)18-13(4)16(19)17-12(3)6-2/h7-8,10-13,18H,5-6,9H2,1-4H3,(H,17,19). The summed E-state index contributed by atoms with van der Waals surface area (Å²) < 4.78 is 0. The molecule has 0 spiro atoms. The Morgan fingerprint density at radius 3 is 2.53 bits per heavy atom. The summed E-state index contributed by atoms with van der Waals surface area (Å²) in [6.45, 7) is 8.16. The molecule has 2 N–H and O–H groups in total. The van der Waals surface area contributed by atoms with Crippen molar-refractivity contribution < 1.29 is 4.79 Å². The van der Waals surface area contributed by atoms with E-state index < -0.39 is 0 Å². The summed E-state index contributed by atoms with van der Waals surface area (Å²) in [5.41, 5.74) is 2.34. The maximum Gasteiger partial charge on any atom is 0.242 e. The van der Waals surface area contributed by atoms with Gasteiger partial charge in [0.2, 0.25) is 5.91 Å². The number of amides is 1. The van der Waals surface area contributed by atoms with Gasteiger partial charge in [0.15, 0.2) is 0 Å². The number of benzene rings is 1. The number of nitrogens with one attached hydrogen (secondary N) is 2. The molecule has 0 heterocycles. The van der Waals surface area contributed by atoms with Gasteiger partial charge in [-0.25, -0.2) is 0 Å². The maximum absolute atomic E-state index is 12.0. The van der Waals surface area contributed by atoms with E-state index in [-0.39, 0.29) is 18.0 Å². The molecule has 2 atom stereocenters. The van der Waals surface area contributed by atoms with Gasteiger partial charge in [-0.2, -0.15) is 0 Å². The van der Waals surface area contributed by atoms with Crippen molar-refractivity contribution in [3.05, 3.63) is 29.8 Å². The van der Waals surface area contributed by atoms with Crippen molar-refractivity contribution in [1.82, 2.24) is 5.32 Å². The van der Waals surface area contributed by atoms with Gasteiger partial charge in [-0.1, -0.05) is 38.5 Å². The molecule has 19 heavy (non-hydrogen) atoms. The highest BCUT2D eigenvalue weighted by Crippen LogP contribution is 2.17. The smallest absolute Gasteiger partial charge is 0.242 e. The number of para-hydroxylation sites is 1. The average Bonchev–Trinajstić information content (AvgIpc) is 2.41. The molecule has 2 unspecified atom stereocenters. The second-order valence-corrected chi connectivity index (χ2v) is 5.09. The summed E-state index contributed by atoms with van der Waals surface area (Å²) in [6.07, 6.45) is 3.08. The molecule has 3 heteroatoms. The van der Waals surface area contributed by atoms with E-state index in [9.17, 15) is 4.79 Å². The largest absolute Gasteiger partial charge is 0.374 e. The summed E-state index contributed by atoms with van der Waals surface area (Å²) in [7, 11) is 0. The quantitative estimate of drug-likeness (QED) is 0.791. The molecule has 0 saturated heterocycles. The van der Waals surface area contributed by atoms with Crippen LogP contribution in [-0.4, -0.2) is 18.0 Å². The molecule has 3 nitrogen and oxygen atoms in total. The first kappa shape index (κ1) is 15.5. The van der Waals surface area contributed by atoms with Gasteiger partial charge < -0.3 is 10.6 Å². The van der Waals surface area contributed by atoms with Crippen LogP contribution in [0.25, 0.3) is 0 Å². The van der Waals surface area contributed by atoms with Crippen molar-refractivity contribution >= 4 is 11.6 Å². The van der Waals surface area contributed by atoms with E-state index in [1.54, 1.807) is 0 Å². The molecule has 0 aromatic heterocycles. The predicted octanol–water partition coefficient (Wildman–Crippen LogP) is 3.35. The highest BCUT2D eigenvalue weighted by atomic mass is 16.2. The van der Waals surface area contributed by atoms with Crippen LogP contribution in [0, 0.1) is 0 Å². The van der Waals surface area contributed by atoms with Crippen LogP contribution in [0.3, 0.4) is 0 Å². The zero-order valence-corrected chi connectivity index (χ0v) is 12.5. The Balaban J connectivity index is 2.65. The summed E-state index contributed by atoms with van der Waals surface area (Å²) in [5, 5.41) is 6.31. The van der Waals surface area contributed by atoms with Crippen LogP contribution >= 0.6 is 0 Å². The summed E-state index contributed by atoms with van der Waals surface area (Å²) >= 11 is 0. The SMILES string of the molecule is CCCc1ccccc1NC(C)C(=O)NC(C)CC. The van der Waals surface area contributed by atoms with Gasteiger partial charge in [-0.15, -0.1) is 0 Å². The van der Waals surface area contributed by atoms with Crippen LogP contribution in [0.2, 0.25) is 0 Å². The lowest BCUT2D eigenvalue weighted by atomic mass is 10.1. The van der Waals surface area contributed by atoms with Crippen molar-refractivity contribution in [2.45, 2.75) is 59.0 Å². The van der Waals surface area contributed by atoms with E-state index in [0.29, 0.717) is 0 Å². The fourth-order valence-electron chi connectivity index (χ4n) is 1.92. The van der Waals surface area contributed by atoms with Gasteiger partial charge in [0.05, 0.1) is 0 Å². The van der Waals surface area contributed by atoms with Crippen LogP contribution in [0.5, 0.6) is 0 Å². The third kappa shape index (κ3) is 4.93. The van der Waals surface area contributed by atoms with E-state index >= 15 is 0 Å². The molecular weight excluding hydrogens is 236 g/mol. The van der Waals surface area contributed by atoms with E-state index in [1.807, 2.05) is 32.0 Å². The maximum atomic E-state index is 12.0. The van der Waals surface area contributed by atoms with Crippen LogP contribution in [0.1, 0.15) is 46.1 Å². The number of hydrogen-bond donors (Lipinski definition) is 2. The molecule has 0 aliphatic heterocycles. The Bertz CT molecular complexity index is 403. The zero-order valence-electron chi connectivity index (χ0n) is 12.5. The first-order valence-corrected chi connectivity index (χ1v) is 7.23. The molecule has 1 rings (SSSR count). The van der Waals surface area contributed by atoms with Crippen LogP contribution < -0.4 is 10.6 Å². The lowest BCUT2D eigenvalue weighted by molar-refractivity contribution is -0.122. The molecule has 1 amide bonds. The Hall–Kier alpha value is -1.51. The van der Waals surface area contributed by atoms with Gasteiger partial charge in [0.25, 0.3) is 0 Å². The van der Waals surface area contributed by atoms with Crippen LogP contribution in [0.4, 0.5) is 5.69 Å². The Labute approximate surface area is 116 Å². The molecule has 0 aliphatic rings. The normalized spacial score (nSPS) is 13.7. The molecule has 0 aliphatic carbocycles. The second kappa shape index (κ2) is 7.82. The second-order valence-electron chi connectivity index (χ2n) is 5.09. The molecule has 0 fully saturated rings. The topological polar surface area (TPSA) is 41.1 Å². The summed E-state index contributed by atoms with van der Waals surface area (Å²) in [4.78, 5) is 12.0. The Morgan fingerprint density at radius 2 is 1.89 bits per heavy atom. The van der Waals surface area contributed by atoms with Crippen molar-refractivity contribution in [2.24, 2.45) is 0 Å². The first-order valence-electron chi connectivity index (χ1n) is 7.23. The summed E-state index contributed by atoms with van der Waals surface area (Å²) in [5.74, 6) is 0.0562. The average molecular weight is 262 g/mol. The monoisotopic (exact) mass is 262 g/mol. The third-order valence-corrected chi connectivity index (χ3v) is 3.30. The predicted molar refractivity (Wildman–Crippen MR) is 81.4 cm³/mol. The lowest BCUT2D eigenvalue weighted by Crippen LogP contribution is -2.42. The molecule has 106 valence electrons. The molecule has 0 bridgehead atoms. The van der Waals surface area contributed by atoms with Crippen molar-refractivity contribution in [3.63, 3.8) is 0 Å². The number of carbonyl (C=O) groups excluding carboxylic acids is 1. The summed E-state index contributed by atoms with van der Waals surface area (Å²) in [6, 6.07) is 8.21. The van der Waals surface area contributed by atoms with Gasteiger partial charge in [-0.3, -0.25) is 4.79 Å². The minimum absolute atomic E-state index is 0.0562. The van der Waals surface area contributed by atoms with Crippen molar-refractivity contribution in [1.29, 1.82) is 0 Å². The Kier molecular flexibility index (Phi) is 6.40. The first-order chi connectivity index (χ1) is 9.08.